The summed E-state index contributed by atoms with van der Waals surface area (Å²) in [5.74, 6) is 0.972. The topological polar surface area (TPSA) is 101 Å². The van der Waals surface area contributed by atoms with Crippen LogP contribution in [0.1, 0.15) is 15.9 Å². The number of carbonyl (C=O) groups excluding carboxylic acids is 1. The number of ether oxygens (including phenoxy) is 4. The molecule has 2 aromatic rings. The number of amides is 1. The summed E-state index contributed by atoms with van der Waals surface area (Å²) < 4.78 is 49.0. The fourth-order valence-corrected chi connectivity index (χ4v) is 3.32. The zero-order valence-corrected chi connectivity index (χ0v) is 19.0. The average molecular weight is 454 g/mol. The lowest BCUT2D eigenvalue weighted by molar-refractivity contribution is 0.0677. The first-order valence-corrected chi connectivity index (χ1v) is 11.1. The SMILES string of the molecule is COCCN(Cc1ccc(OC)c(OS(C)(=O)=O)c1)C(=O)c1ccc(OC)cc1OC. The van der Waals surface area contributed by atoms with Gasteiger partial charge in [-0.1, -0.05) is 6.07 Å². The fraction of sp³-hybridized carbons (Fsp3) is 0.381. The van der Waals surface area contributed by atoms with Gasteiger partial charge in [-0.15, -0.1) is 0 Å². The molecule has 1 amide bonds. The van der Waals surface area contributed by atoms with Crippen molar-refractivity contribution in [1.82, 2.24) is 4.90 Å². The predicted octanol–water partition coefficient (Wildman–Crippen LogP) is 2.34. The van der Waals surface area contributed by atoms with Crippen LogP contribution < -0.4 is 18.4 Å². The van der Waals surface area contributed by atoms with Gasteiger partial charge in [0.2, 0.25) is 0 Å². The number of nitrogens with zero attached hydrogens (tertiary/aromatic N) is 1. The highest BCUT2D eigenvalue weighted by Crippen LogP contribution is 2.30. The molecule has 0 bridgehead atoms. The van der Waals surface area contributed by atoms with Crippen molar-refractivity contribution in [2.75, 3.05) is 47.8 Å². The van der Waals surface area contributed by atoms with Gasteiger partial charge in [-0.3, -0.25) is 4.79 Å². The molecule has 2 aromatic carbocycles. The van der Waals surface area contributed by atoms with Crippen molar-refractivity contribution in [1.29, 1.82) is 0 Å². The van der Waals surface area contributed by atoms with Gasteiger partial charge in [-0.2, -0.15) is 8.42 Å². The molecule has 0 spiro atoms. The van der Waals surface area contributed by atoms with E-state index < -0.39 is 10.1 Å². The van der Waals surface area contributed by atoms with E-state index in [4.69, 9.17) is 23.1 Å². The van der Waals surface area contributed by atoms with Crippen LogP contribution in [0.4, 0.5) is 0 Å². The maximum absolute atomic E-state index is 13.3. The Morgan fingerprint density at radius 1 is 0.903 bits per heavy atom. The highest BCUT2D eigenvalue weighted by atomic mass is 32.2. The van der Waals surface area contributed by atoms with Gasteiger partial charge in [-0.25, -0.2) is 0 Å². The number of benzene rings is 2. The molecule has 31 heavy (non-hydrogen) atoms. The quantitative estimate of drug-likeness (QED) is 0.478. The van der Waals surface area contributed by atoms with Crippen molar-refractivity contribution >= 4 is 16.0 Å². The van der Waals surface area contributed by atoms with Crippen molar-refractivity contribution in [2.24, 2.45) is 0 Å². The molecule has 170 valence electrons. The van der Waals surface area contributed by atoms with Crippen LogP contribution in [0.25, 0.3) is 0 Å². The van der Waals surface area contributed by atoms with Crippen LogP contribution in [0, 0.1) is 0 Å². The van der Waals surface area contributed by atoms with E-state index in [1.54, 1.807) is 42.3 Å². The minimum atomic E-state index is -3.75. The summed E-state index contributed by atoms with van der Waals surface area (Å²) in [5, 5.41) is 0. The van der Waals surface area contributed by atoms with E-state index in [0.717, 1.165) is 6.26 Å². The van der Waals surface area contributed by atoms with E-state index in [0.29, 0.717) is 35.8 Å². The van der Waals surface area contributed by atoms with Gasteiger partial charge >= 0.3 is 10.1 Å². The molecule has 0 radical (unpaired) electrons. The van der Waals surface area contributed by atoms with Crippen LogP contribution in [0.2, 0.25) is 0 Å². The molecule has 2 rings (SSSR count). The van der Waals surface area contributed by atoms with E-state index in [9.17, 15) is 13.2 Å². The number of methoxy groups -OCH3 is 4. The van der Waals surface area contributed by atoms with Crippen LogP contribution in [-0.2, 0) is 21.4 Å². The van der Waals surface area contributed by atoms with Crippen LogP contribution in [-0.4, -0.2) is 67.1 Å². The van der Waals surface area contributed by atoms with Crippen molar-refractivity contribution < 1.29 is 36.3 Å². The molecule has 0 aliphatic carbocycles. The molecule has 0 saturated carbocycles. The third-order valence-electron chi connectivity index (χ3n) is 4.33. The molecular formula is C21H27NO8S. The molecule has 0 aliphatic heterocycles. The van der Waals surface area contributed by atoms with Gasteiger partial charge in [0.1, 0.15) is 11.5 Å². The largest absolute Gasteiger partial charge is 0.497 e. The Balaban J connectivity index is 2.37. The van der Waals surface area contributed by atoms with Crippen LogP contribution in [0.5, 0.6) is 23.0 Å². The standard InChI is InChI=1S/C21H27NO8S/c1-26-11-10-22(21(23)17-8-7-16(27-2)13-19(17)29-4)14-15-6-9-18(28-3)20(12-15)30-31(5,24)25/h6-9,12-13H,10-11,14H2,1-5H3. The molecule has 9 nitrogen and oxygen atoms in total. The molecule has 0 atom stereocenters. The Kier molecular flexibility index (Phi) is 8.52. The molecule has 0 aliphatic rings. The second kappa shape index (κ2) is 10.9. The Morgan fingerprint density at radius 3 is 2.19 bits per heavy atom. The molecule has 0 fully saturated rings. The molecule has 0 saturated heterocycles. The van der Waals surface area contributed by atoms with Crippen molar-refractivity contribution in [3.05, 3.63) is 47.5 Å². The zero-order chi connectivity index (χ0) is 23.0. The summed E-state index contributed by atoms with van der Waals surface area (Å²) in [6.45, 7) is 0.799. The summed E-state index contributed by atoms with van der Waals surface area (Å²) in [6.07, 6.45) is 0.948. The van der Waals surface area contributed by atoms with E-state index in [-0.39, 0.29) is 24.0 Å². The van der Waals surface area contributed by atoms with Crippen molar-refractivity contribution in [3.8, 4) is 23.0 Å². The van der Waals surface area contributed by atoms with Crippen LogP contribution >= 0.6 is 0 Å². The third-order valence-corrected chi connectivity index (χ3v) is 4.82. The number of carbonyl (C=O) groups is 1. The summed E-state index contributed by atoms with van der Waals surface area (Å²) in [7, 11) is 2.21. The number of rotatable bonds is 11. The lowest BCUT2D eigenvalue weighted by Crippen LogP contribution is -2.33. The van der Waals surface area contributed by atoms with Crippen LogP contribution in [0.3, 0.4) is 0 Å². The molecule has 0 aromatic heterocycles. The van der Waals surface area contributed by atoms with E-state index in [2.05, 4.69) is 0 Å². The van der Waals surface area contributed by atoms with Gasteiger partial charge in [0.05, 0.1) is 39.8 Å². The Labute approximate surface area is 182 Å². The lowest BCUT2D eigenvalue weighted by atomic mass is 10.1. The predicted molar refractivity (Wildman–Crippen MR) is 115 cm³/mol. The summed E-state index contributed by atoms with van der Waals surface area (Å²) in [6, 6.07) is 9.78. The number of hydrogen-bond donors (Lipinski definition) is 0. The van der Waals surface area contributed by atoms with Gasteiger partial charge in [0, 0.05) is 26.3 Å². The molecule has 10 heteroatoms. The second-order valence-electron chi connectivity index (χ2n) is 6.56. The number of hydrogen-bond acceptors (Lipinski definition) is 8. The summed E-state index contributed by atoms with van der Waals surface area (Å²) in [5.41, 5.74) is 1.01. The molecule has 0 N–H and O–H groups in total. The maximum atomic E-state index is 13.3. The Morgan fingerprint density at radius 2 is 1.61 bits per heavy atom. The van der Waals surface area contributed by atoms with Gasteiger partial charge in [0.15, 0.2) is 11.5 Å². The average Bonchev–Trinajstić information content (AvgIpc) is 2.74. The summed E-state index contributed by atoms with van der Waals surface area (Å²) >= 11 is 0. The Hall–Kier alpha value is -2.98. The molecule has 0 unspecified atom stereocenters. The monoisotopic (exact) mass is 453 g/mol. The van der Waals surface area contributed by atoms with Gasteiger partial charge < -0.3 is 28.0 Å². The first kappa shape index (κ1) is 24.3. The first-order chi connectivity index (χ1) is 14.7. The van der Waals surface area contributed by atoms with Gasteiger partial charge in [0.25, 0.3) is 5.91 Å². The van der Waals surface area contributed by atoms with E-state index >= 15 is 0 Å². The summed E-state index contributed by atoms with van der Waals surface area (Å²) in [4.78, 5) is 14.8. The Bertz CT molecular complexity index is 1010. The maximum Gasteiger partial charge on any atom is 0.306 e. The second-order valence-corrected chi connectivity index (χ2v) is 8.13. The minimum absolute atomic E-state index is 0.0451. The normalized spacial score (nSPS) is 11.0. The smallest absolute Gasteiger partial charge is 0.306 e. The van der Waals surface area contributed by atoms with E-state index in [1.807, 2.05) is 0 Å². The van der Waals surface area contributed by atoms with Crippen molar-refractivity contribution in [3.63, 3.8) is 0 Å². The first-order valence-electron chi connectivity index (χ1n) is 9.29. The van der Waals surface area contributed by atoms with Crippen LogP contribution in [0.15, 0.2) is 36.4 Å². The van der Waals surface area contributed by atoms with Crippen molar-refractivity contribution in [2.45, 2.75) is 6.54 Å². The minimum Gasteiger partial charge on any atom is -0.497 e. The third kappa shape index (κ3) is 6.76. The fourth-order valence-electron chi connectivity index (χ4n) is 2.87. The van der Waals surface area contributed by atoms with E-state index in [1.165, 1.54) is 27.4 Å². The zero-order valence-electron chi connectivity index (χ0n) is 18.2. The highest BCUT2D eigenvalue weighted by molar-refractivity contribution is 7.86. The van der Waals surface area contributed by atoms with Gasteiger partial charge in [-0.05, 0) is 29.8 Å². The molecular weight excluding hydrogens is 426 g/mol. The molecule has 0 heterocycles. The lowest BCUT2D eigenvalue weighted by Gasteiger charge is -2.24. The highest BCUT2D eigenvalue weighted by Gasteiger charge is 2.21.